The molecule has 31 heavy (non-hydrogen) atoms. The van der Waals surface area contributed by atoms with Crippen molar-refractivity contribution in [1.82, 2.24) is 15.1 Å². The molecule has 0 bridgehead atoms. The van der Waals surface area contributed by atoms with E-state index in [1.807, 2.05) is 24.3 Å². The molecule has 2 aromatic rings. The largest absolute Gasteiger partial charge is 0.497 e. The minimum absolute atomic E-state index is 0.0287. The Morgan fingerprint density at radius 2 is 1.84 bits per heavy atom. The number of rotatable bonds is 7. The van der Waals surface area contributed by atoms with Gasteiger partial charge in [-0.25, -0.2) is 4.79 Å². The molecule has 2 amide bonds. The Hall–Kier alpha value is -2.74. The van der Waals surface area contributed by atoms with Crippen LogP contribution in [0.1, 0.15) is 35.6 Å². The maximum Gasteiger partial charge on any atom is 0.416 e. The highest BCUT2D eigenvalue weighted by Crippen LogP contribution is 2.29. The van der Waals surface area contributed by atoms with Crippen LogP contribution in [0.2, 0.25) is 0 Å². The zero-order valence-corrected chi connectivity index (χ0v) is 17.8. The van der Waals surface area contributed by atoms with E-state index in [9.17, 15) is 18.0 Å². The van der Waals surface area contributed by atoms with Gasteiger partial charge in [-0.2, -0.15) is 13.2 Å². The molecule has 0 spiro atoms. The van der Waals surface area contributed by atoms with Crippen molar-refractivity contribution in [3.8, 4) is 5.75 Å². The first-order chi connectivity index (χ1) is 14.8. The number of hydrogen-bond donors (Lipinski definition) is 1. The molecule has 0 saturated carbocycles. The summed E-state index contributed by atoms with van der Waals surface area (Å²) in [5, 5.41) is 2.98. The lowest BCUT2D eigenvalue weighted by Gasteiger charge is -2.29. The molecule has 1 heterocycles. The molecule has 1 aliphatic heterocycles. The summed E-state index contributed by atoms with van der Waals surface area (Å²) < 4.78 is 43.5. The van der Waals surface area contributed by atoms with Crippen LogP contribution < -0.4 is 10.1 Å². The van der Waals surface area contributed by atoms with Crippen LogP contribution in [0.4, 0.5) is 18.0 Å². The van der Waals surface area contributed by atoms with Crippen molar-refractivity contribution in [3.63, 3.8) is 0 Å². The van der Waals surface area contributed by atoms with E-state index < -0.39 is 11.7 Å². The number of ether oxygens (including phenoxy) is 1. The van der Waals surface area contributed by atoms with Crippen LogP contribution >= 0.6 is 0 Å². The number of methoxy groups -OCH3 is 1. The molecule has 0 radical (unpaired) electrons. The lowest BCUT2D eigenvalue weighted by molar-refractivity contribution is -0.137. The lowest BCUT2D eigenvalue weighted by Crippen LogP contribution is -2.42. The SMILES string of the molecule is COc1cccc(C(CNC(=O)N(C)Cc2ccc(C(F)(F)F)cc2)N2CCCC2)c1. The van der Waals surface area contributed by atoms with Crippen LogP contribution in [0.5, 0.6) is 5.75 Å². The van der Waals surface area contributed by atoms with E-state index in [-0.39, 0.29) is 18.6 Å². The number of carbonyl (C=O) groups is 1. The average molecular weight is 435 g/mol. The number of benzene rings is 2. The van der Waals surface area contributed by atoms with Gasteiger partial charge in [0.25, 0.3) is 0 Å². The molecule has 3 rings (SSSR count). The summed E-state index contributed by atoms with van der Waals surface area (Å²) in [6.07, 6.45) is -2.11. The van der Waals surface area contributed by atoms with Crippen molar-refractivity contribution in [3.05, 3.63) is 65.2 Å². The number of amides is 2. The van der Waals surface area contributed by atoms with Crippen LogP contribution in [0.25, 0.3) is 0 Å². The van der Waals surface area contributed by atoms with Crippen LogP contribution in [-0.4, -0.2) is 49.6 Å². The molecular weight excluding hydrogens is 407 g/mol. The Morgan fingerprint density at radius 3 is 2.45 bits per heavy atom. The van der Waals surface area contributed by atoms with Gasteiger partial charge < -0.3 is 15.0 Å². The molecular formula is C23H28F3N3O2. The topological polar surface area (TPSA) is 44.8 Å². The van der Waals surface area contributed by atoms with Crippen molar-refractivity contribution >= 4 is 6.03 Å². The molecule has 0 aromatic heterocycles. The Labute approximate surface area is 180 Å². The minimum atomic E-state index is -4.37. The number of nitrogens with zero attached hydrogens (tertiary/aromatic N) is 2. The third kappa shape index (κ3) is 6.13. The maximum absolute atomic E-state index is 12.7. The standard InChI is InChI=1S/C23H28F3N3O2/c1-28(16-17-8-10-19(11-9-17)23(24,25)26)22(30)27-15-21(29-12-3-4-13-29)18-6-5-7-20(14-18)31-2/h5-11,14,21H,3-4,12-13,15-16H2,1-2H3,(H,27,30). The van der Waals surface area contributed by atoms with E-state index in [0.29, 0.717) is 12.1 Å². The number of alkyl halides is 3. The van der Waals surface area contributed by atoms with E-state index >= 15 is 0 Å². The summed E-state index contributed by atoms with van der Waals surface area (Å²) >= 11 is 0. The van der Waals surface area contributed by atoms with E-state index in [0.717, 1.165) is 49.4 Å². The average Bonchev–Trinajstić information content (AvgIpc) is 3.28. The first-order valence-corrected chi connectivity index (χ1v) is 10.3. The molecule has 1 atom stereocenters. The summed E-state index contributed by atoms with van der Waals surface area (Å²) in [6.45, 7) is 2.60. The normalized spacial score (nSPS) is 15.5. The highest BCUT2D eigenvalue weighted by atomic mass is 19.4. The quantitative estimate of drug-likeness (QED) is 0.686. The van der Waals surface area contributed by atoms with Gasteiger partial charge in [-0.1, -0.05) is 24.3 Å². The highest BCUT2D eigenvalue weighted by molar-refractivity contribution is 5.73. The smallest absolute Gasteiger partial charge is 0.416 e. The van der Waals surface area contributed by atoms with Crippen molar-refractivity contribution < 1.29 is 22.7 Å². The number of halogens is 3. The fourth-order valence-corrected chi connectivity index (χ4v) is 3.82. The molecule has 1 N–H and O–H groups in total. The van der Waals surface area contributed by atoms with Crippen molar-refractivity contribution in [2.24, 2.45) is 0 Å². The number of hydrogen-bond acceptors (Lipinski definition) is 3. The summed E-state index contributed by atoms with van der Waals surface area (Å²) in [5.74, 6) is 0.771. The summed E-state index contributed by atoms with van der Waals surface area (Å²) in [4.78, 5) is 16.5. The van der Waals surface area contributed by atoms with Gasteiger partial charge in [-0.15, -0.1) is 0 Å². The van der Waals surface area contributed by atoms with Gasteiger partial charge in [0.05, 0.1) is 18.7 Å². The second kappa shape index (κ2) is 10.0. The van der Waals surface area contributed by atoms with Crippen molar-refractivity contribution in [2.75, 3.05) is 33.8 Å². The predicted molar refractivity (Wildman–Crippen MR) is 113 cm³/mol. The summed E-state index contributed by atoms with van der Waals surface area (Å²) in [5.41, 5.74) is 1.01. The van der Waals surface area contributed by atoms with Gasteiger partial charge in [0.15, 0.2) is 0 Å². The summed E-state index contributed by atoms with van der Waals surface area (Å²) in [7, 11) is 3.26. The number of carbonyl (C=O) groups excluding carboxylic acids is 1. The molecule has 2 aromatic carbocycles. The van der Waals surface area contributed by atoms with Crippen LogP contribution in [0, 0.1) is 0 Å². The van der Waals surface area contributed by atoms with Crippen LogP contribution in [-0.2, 0) is 12.7 Å². The molecule has 8 heteroatoms. The molecule has 1 saturated heterocycles. The first kappa shape index (κ1) is 22.9. The molecule has 1 unspecified atom stereocenters. The Morgan fingerprint density at radius 1 is 1.16 bits per heavy atom. The molecule has 0 aliphatic carbocycles. The number of urea groups is 1. The third-order valence-corrected chi connectivity index (χ3v) is 5.55. The summed E-state index contributed by atoms with van der Waals surface area (Å²) in [6, 6.07) is 12.5. The number of nitrogens with one attached hydrogen (secondary N) is 1. The molecule has 1 fully saturated rings. The van der Waals surface area contributed by atoms with E-state index in [1.54, 1.807) is 14.2 Å². The molecule has 1 aliphatic rings. The van der Waals surface area contributed by atoms with Gasteiger partial charge in [-0.3, -0.25) is 4.90 Å². The van der Waals surface area contributed by atoms with Gasteiger partial charge in [0.1, 0.15) is 5.75 Å². The Kier molecular flexibility index (Phi) is 7.43. The van der Waals surface area contributed by atoms with Crippen LogP contribution in [0.3, 0.4) is 0 Å². The van der Waals surface area contributed by atoms with E-state index in [4.69, 9.17) is 4.74 Å². The second-order valence-electron chi connectivity index (χ2n) is 7.77. The predicted octanol–water partition coefficient (Wildman–Crippen LogP) is 4.69. The van der Waals surface area contributed by atoms with Gasteiger partial charge >= 0.3 is 12.2 Å². The second-order valence-corrected chi connectivity index (χ2v) is 7.77. The third-order valence-electron chi connectivity index (χ3n) is 5.55. The van der Waals surface area contributed by atoms with Gasteiger partial charge in [-0.05, 0) is 61.3 Å². The van der Waals surface area contributed by atoms with Crippen molar-refractivity contribution in [1.29, 1.82) is 0 Å². The lowest BCUT2D eigenvalue weighted by atomic mass is 10.1. The maximum atomic E-state index is 12.7. The highest BCUT2D eigenvalue weighted by Gasteiger charge is 2.30. The first-order valence-electron chi connectivity index (χ1n) is 10.3. The Balaban J connectivity index is 1.62. The fraction of sp³-hybridized carbons (Fsp3) is 0.435. The van der Waals surface area contributed by atoms with E-state index in [2.05, 4.69) is 10.2 Å². The fourth-order valence-electron chi connectivity index (χ4n) is 3.82. The van der Waals surface area contributed by atoms with Gasteiger partial charge in [0.2, 0.25) is 0 Å². The van der Waals surface area contributed by atoms with E-state index in [1.165, 1.54) is 17.0 Å². The molecule has 168 valence electrons. The van der Waals surface area contributed by atoms with Crippen molar-refractivity contribution in [2.45, 2.75) is 31.6 Å². The minimum Gasteiger partial charge on any atom is -0.497 e. The zero-order chi connectivity index (χ0) is 22.4. The van der Waals surface area contributed by atoms with Crippen LogP contribution in [0.15, 0.2) is 48.5 Å². The monoisotopic (exact) mass is 435 g/mol. The zero-order valence-electron chi connectivity index (χ0n) is 17.8. The number of likely N-dealkylation sites (tertiary alicyclic amines) is 1. The Bertz CT molecular complexity index is 865. The van der Waals surface area contributed by atoms with Gasteiger partial charge in [0, 0.05) is 20.1 Å². The molecule has 5 nitrogen and oxygen atoms in total.